The third-order valence-corrected chi connectivity index (χ3v) is 7.46. The molecular formula is C15H16F4N2O3S2. The lowest BCUT2D eigenvalue weighted by molar-refractivity contribution is -0.138. The molecule has 1 amide bonds. The zero-order chi connectivity index (χ0) is 19.3. The van der Waals surface area contributed by atoms with Gasteiger partial charge in [0.15, 0.2) is 0 Å². The summed E-state index contributed by atoms with van der Waals surface area (Å²) in [5, 5.41) is 0. The Morgan fingerprint density at radius 3 is 2.54 bits per heavy atom. The van der Waals surface area contributed by atoms with Crippen molar-refractivity contribution in [3.05, 3.63) is 29.6 Å². The molecule has 0 bridgehead atoms. The summed E-state index contributed by atoms with van der Waals surface area (Å²) in [4.78, 5) is 13.0. The van der Waals surface area contributed by atoms with Gasteiger partial charge in [0.1, 0.15) is 16.8 Å². The van der Waals surface area contributed by atoms with E-state index in [-0.39, 0.29) is 23.7 Å². The highest BCUT2D eigenvalue weighted by molar-refractivity contribution is 8.00. The average molecular weight is 412 g/mol. The maximum atomic E-state index is 14.1. The number of nitrogens with zero attached hydrogens (tertiary/aromatic N) is 2. The van der Waals surface area contributed by atoms with Gasteiger partial charge in [-0.15, -0.1) is 11.8 Å². The van der Waals surface area contributed by atoms with E-state index in [4.69, 9.17) is 0 Å². The van der Waals surface area contributed by atoms with Gasteiger partial charge >= 0.3 is 6.18 Å². The number of rotatable bonds is 4. The molecule has 1 saturated carbocycles. The lowest BCUT2D eigenvalue weighted by atomic mass is 10.2. The summed E-state index contributed by atoms with van der Waals surface area (Å²) in [5.41, 5.74) is -1.26. The molecule has 1 atom stereocenters. The first-order chi connectivity index (χ1) is 12.0. The summed E-state index contributed by atoms with van der Waals surface area (Å²) in [6.45, 7) is 0. The van der Waals surface area contributed by atoms with Crippen LogP contribution in [0.15, 0.2) is 23.1 Å². The molecule has 26 heavy (non-hydrogen) atoms. The molecule has 2 aliphatic rings. The predicted molar refractivity (Wildman–Crippen MR) is 87.3 cm³/mol. The fourth-order valence-electron chi connectivity index (χ4n) is 2.74. The lowest BCUT2D eigenvalue weighted by Gasteiger charge is -2.27. The Morgan fingerprint density at radius 1 is 1.31 bits per heavy atom. The van der Waals surface area contributed by atoms with E-state index in [1.165, 1.54) is 4.90 Å². The number of hydrogen-bond donors (Lipinski definition) is 0. The normalized spacial score (nSPS) is 21.8. The van der Waals surface area contributed by atoms with Crippen LogP contribution in [-0.4, -0.2) is 54.3 Å². The standard InChI is InChI=1S/C15H16F4N2O3S2/c1-20(10-3-4-10)14(22)12-7-25-8-21(12)26(23,24)13-6-9(15(17,18)19)2-5-11(13)16/h2,5-6,10,12H,3-4,7-8H2,1H3. The number of hydrogen-bond acceptors (Lipinski definition) is 4. The Bertz CT molecular complexity index is 825. The first-order valence-electron chi connectivity index (χ1n) is 7.76. The average Bonchev–Trinajstić information content (AvgIpc) is 3.28. The van der Waals surface area contributed by atoms with Gasteiger partial charge in [-0.1, -0.05) is 0 Å². The van der Waals surface area contributed by atoms with Gasteiger partial charge < -0.3 is 4.90 Å². The minimum atomic E-state index is -4.81. The molecule has 0 N–H and O–H groups in total. The van der Waals surface area contributed by atoms with Crippen molar-refractivity contribution in [3.63, 3.8) is 0 Å². The first-order valence-corrected chi connectivity index (χ1v) is 10.4. The van der Waals surface area contributed by atoms with Crippen LogP contribution in [0.3, 0.4) is 0 Å². The van der Waals surface area contributed by atoms with Gasteiger partial charge in [-0.3, -0.25) is 4.79 Å². The molecule has 0 spiro atoms. The number of sulfonamides is 1. The van der Waals surface area contributed by atoms with E-state index < -0.39 is 44.4 Å². The van der Waals surface area contributed by atoms with Crippen LogP contribution < -0.4 is 0 Å². The van der Waals surface area contributed by atoms with Crippen molar-refractivity contribution < 1.29 is 30.8 Å². The van der Waals surface area contributed by atoms with Crippen molar-refractivity contribution >= 4 is 27.7 Å². The van der Waals surface area contributed by atoms with Gasteiger partial charge in [-0.2, -0.15) is 17.5 Å². The number of carbonyl (C=O) groups excluding carboxylic acids is 1. The smallest absolute Gasteiger partial charge is 0.341 e. The SMILES string of the molecule is CN(C(=O)C1CSCN1S(=O)(=O)c1cc(C(F)(F)F)ccc1F)C1CC1. The van der Waals surface area contributed by atoms with Gasteiger partial charge in [0.2, 0.25) is 15.9 Å². The Labute approximate surface area is 152 Å². The highest BCUT2D eigenvalue weighted by Gasteiger charge is 2.45. The topological polar surface area (TPSA) is 57.7 Å². The molecular weight excluding hydrogens is 396 g/mol. The van der Waals surface area contributed by atoms with E-state index in [1.807, 2.05) is 0 Å². The van der Waals surface area contributed by atoms with Crippen LogP contribution in [0.25, 0.3) is 0 Å². The van der Waals surface area contributed by atoms with Gasteiger partial charge in [-0.05, 0) is 31.0 Å². The van der Waals surface area contributed by atoms with Crippen LogP contribution in [0.1, 0.15) is 18.4 Å². The maximum absolute atomic E-state index is 14.1. The molecule has 1 unspecified atom stereocenters. The van der Waals surface area contributed by atoms with Crippen LogP contribution >= 0.6 is 11.8 Å². The Morgan fingerprint density at radius 2 is 1.96 bits per heavy atom. The zero-order valence-corrected chi connectivity index (χ0v) is 15.3. The number of thioether (sulfide) groups is 1. The lowest BCUT2D eigenvalue weighted by Crippen LogP contribution is -2.48. The monoisotopic (exact) mass is 412 g/mol. The Hall–Kier alpha value is -1.33. The fraction of sp³-hybridized carbons (Fsp3) is 0.533. The first kappa shape index (κ1) is 19.4. The van der Waals surface area contributed by atoms with Crippen LogP contribution in [-0.2, 0) is 21.0 Å². The number of likely N-dealkylation sites (N-methyl/N-ethyl adjacent to an activating group) is 1. The summed E-state index contributed by atoms with van der Waals surface area (Å²) >= 11 is 1.16. The van der Waals surface area contributed by atoms with Gasteiger partial charge in [0, 0.05) is 18.8 Å². The molecule has 1 aromatic rings. The van der Waals surface area contributed by atoms with Crippen molar-refractivity contribution in [3.8, 4) is 0 Å². The summed E-state index contributed by atoms with van der Waals surface area (Å²) in [5.74, 6) is -1.65. The van der Waals surface area contributed by atoms with E-state index in [2.05, 4.69) is 0 Å². The molecule has 1 saturated heterocycles. The summed E-state index contributed by atoms with van der Waals surface area (Å²) in [6, 6.07) is 0.245. The van der Waals surface area contributed by atoms with Crippen molar-refractivity contribution in [1.29, 1.82) is 0 Å². The third kappa shape index (κ3) is 3.56. The molecule has 1 aromatic carbocycles. The number of benzene rings is 1. The highest BCUT2D eigenvalue weighted by Crippen LogP contribution is 2.36. The van der Waals surface area contributed by atoms with Crippen LogP contribution in [0.4, 0.5) is 17.6 Å². The highest BCUT2D eigenvalue weighted by atomic mass is 32.2. The molecule has 0 aromatic heterocycles. The molecule has 1 aliphatic carbocycles. The molecule has 2 fully saturated rings. The summed E-state index contributed by atoms with van der Waals surface area (Å²) < 4.78 is 79.1. The van der Waals surface area contributed by atoms with E-state index in [1.54, 1.807) is 7.05 Å². The minimum absolute atomic E-state index is 0.0583. The Kier molecular flexibility index (Phi) is 4.99. The predicted octanol–water partition coefficient (Wildman–Crippen LogP) is 2.53. The van der Waals surface area contributed by atoms with Crippen LogP contribution in [0.5, 0.6) is 0 Å². The Balaban J connectivity index is 1.95. The summed E-state index contributed by atoms with van der Waals surface area (Å²) in [7, 11) is -3.03. The van der Waals surface area contributed by atoms with Crippen molar-refractivity contribution in [2.75, 3.05) is 18.7 Å². The van der Waals surface area contributed by atoms with Crippen molar-refractivity contribution in [2.24, 2.45) is 0 Å². The van der Waals surface area contributed by atoms with E-state index in [9.17, 15) is 30.8 Å². The number of carbonyl (C=O) groups is 1. The summed E-state index contributed by atoms with van der Waals surface area (Å²) in [6.07, 6.45) is -3.15. The molecule has 0 radical (unpaired) electrons. The van der Waals surface area contributed by atoms with Crippen LogP contribution in [0.2, 0.25) is 0 Å². The van der Waals surface area contributed by atoms with Gasteiger partial charge in [0.05, 0.1) is 11.4 Å². The second-order valence-electron chi connectivity index (χ2n) is 6.23. The molecule has 1 heterocycles. The second kappa shape index (κ2) is 6.68. The van der Waals surface area contributed by atoms with Crippen molar-refractivity contribution in [2.45, 2.75) is 36.0 Å². The van der Waals surface area contributed by atoms with E-state index >= 15 is 0 Å². The van der Waals surface area contributed by atoms with E-state index in [0.717, 1.165) is 28.9 Å². The molecule has 144 valence electrons. The van der Waals surface area contributed by atoms with Crippen LogP contribution in [0, 0.1) is 5.82 Å². The number of alkyl halides is 3. The zero-order valence-electron chi connectivity index (χ0n) is 13.7. The number of amides is 1. The molecule has 11 heteroatoms. The molecule has 5 nitrogen and oxygen atoms in total. The van der Waals surface area contributed by atoms with Crippen molar-refractivity contribution in [1.82, 2.24) is 9.21 Å². The van der Waals surface area contributed by atoms with Gasteiger partial charge in [0.25, 0.3) is 0 Å². The quantitative estimate of drug-likeness (QED) is 0.714. The maximum Gasteiger partial charge on any atom is 0.416 e. The molecule has 1 aliphatic heterocycles. The number of halogens is 4. The fourth-order valence-corrected chi connectivity index (χ4v) is 5.97. The molecule has 3 rings (SSSR count). The van der Waals surface area contributed by atoms with Gasteiger partial charge in [-0.25, -0.2) is 12.8 Å². The third-order valence-electron chi connectivity index (χ3n) is 4.41. The largest absolute Gasteiger partial charge is 0.416 e. The minimum Gasteiger partial charge on any atom is -0.341 e. The van der Waals surface area contributed by atoms with E-state index in [0.29, 0.717) is 12.1 Å². The second-order valence-corrected chi connectivity index (χ2v) is 9.09.